The molecule has 82 valence electrons. The summed E-state index contributed by atoms with van der Waals surface area (Å²) in [4.78, 5) is 17.9. The molecule has 0 radical (unpaired) electrons. The van der Waals surface area contributed by atoms with Gasteiger partial charge in [-0.2, -0.15) is 0 Å². The Morgan fingerprint density at radius 2 is 2.47 bits per heavy atom. The first-order valence-electron chi connectivity index (χ1n) is 4.99. The van der Waals surface area contributed by atoms with Crippen LogP contribution in [0.15, 0.2) is 10.9 Å². The van der Waals surface area contributed by atoms with Gasteiger partial charge in [0.15, 0.2) is 0 Å². The van der Waals surface area contributed by atoms with Crippen molar-refractivity contribution in [3.8, 4) is 0 Å². The summed E-state index contributed by atoms with van der Waals surface area (Å²) in [5.41, 5.74) is 2.22. The average molecular weight is 226 g/mol. The number of amides is 1. The minimum atomic E-state index is 0.0129. The first kappa shape index (κ1) is 10.6. The summed E-state index contributed by atoms with van der Waals surface area (Å²) < 4.78 is 5.48. The SMILES string of the molecule is C[C@@H]1CN(C(=O)c2cscn2)[C@@H](C)CO1. The lowest BCUT2D eigenvalue weighted by Crippen LogP contribution is -2.50. The second kappa shape index (κ2) is 4.28. The lowest BCUT2D eigenvalue weighted by Gasteiger charge is -2.36. The van der Waals surface area contributed by atoms with Gasteiger partial charge in [0.25, 0.3) is 5.91 Å². The molecule has 15 heavy (non-hydrogen) atoms. The minimum Gasteiger partial charge on any atom is -0.375 e. The van der Waals surface area contributed by atoms with Crippen molar-refractivity contribution in [1.82, 2.24) is 9.88 Å². The Kier molecular flexibility index (Phi) is 3.02. The highest BCUT2D eigenvalue weighted by atomic mass is 32.1. The molecule has 1 aliphatic rings. The molecule has 0 unspecified atom stereocenters. The van der Waals surface area contributed by atoms with Crippen LogP contribution in [0.2, 0.25) is 0 Å². The van der Waals surface area contributed by atoms with E-state index in [1.54, 1.807) is 10.9 Å². The van der Waals surface area contributed by atoms with E-state index in [1.807, 2.05) is 18.7 Å². The number of rotatable bonds is 1. The van der Waals surface area contributed by atoms with Crippen LogP contribution < -0.4 is 0 Å². The molecule has 0 spiro atoms. The fourth-order valence-electron chi connectivity index (χ4n) is 1.65. The highest BCUT2D eigenvalue weighted by Gasteiger charge is 2.28. The fourth-order valence-corrected chi connectivity index (χ4v) is 2.18. The van der Waals surface area contributed by atoms with Gasteiger partial charge in [-0.3, -0.25) is 4.79 Å². The third-order valence-corrected chi connectivity index (χ3v) is 3.11. The number of aromatic nitrogens is 1. The molecular formula is C10H14N2O2S. The van der Waals surface area contributed by atoms with E-state index in [2.05, 4.69) is 4.98 Å². The van der Waals surface area contributed by atoms with Gasteiger partial charge in [-0.15, -0.1) is 11.3 Å². The quantitative estimate of drug-likeness (QED) is 0.726. The van der Waals surface area contributed by atoms with Crippen molar-refractivity contribution < 1.29 is 9.53 Å². The molecule has 0 N–H and O–H groups in total. The Bertz CT molecular complexity index is 339. The van der Waals surface area contributed by atoms with Crippen LogP contribution in [-0.4, -0.2) is 41.1 Å². The van der Waals surface area contributed by atoms with Crippen LogP contribution in [-0.2, 0) is 4.74 Å². The molecule has 1 aromatic rings. The molecule has 2 atom stereocenters. The van der Waals surface area contributed by atoms with Crippen molar-refractivity contribution in [2.45, 2.75) is 26.0 Å². The van der Waals surface area contributed by atoms with Crippen LogP contribution in [0, 0.1) is 0 Å². The van der Waals surface area contributed by atoms with E-state index in [0.29, 0.717) is 18.8 Å². The van der Waals surface area contributed by atoms with Gasteiger partial charge in [-0.25, -0.2) is 4.98 Å². The summed E-state index contributed by atoms with van der Waals surface area (Å²) in [6, 6.07) is 0.135. The topological polar surface area (TPSA) is 42.4 Å². The fraction of sp³-hybridized carbons (Fsp3) is 0.600. The number of morpholine rings is 1. The first-order chi connectivity index (χ1) is 7.18. The predicted molar refractivity (Wildman–Crippen MR) is 58.0 cm³/mol. The van der Waals surface area contributed by atoms with Crippen molar-refractivity contribution in [3.63, 3.8) is 0 Å². The Hall–Kier alpha value is -0.940. The third-order valence-electron chi connectivity index (χ3n) is 2.52. The van der Waals surface area contributed by atoms with E-state index in [0.717, 1.165) is 0 Å². The molecule has 0 bridgehead atoms. The van der Waals surface area contributed by atoms with Crippen molar-refractivity contribution in [2.24, 2.45) is 0 Å². The second-order valence-electron chi connectivity index (χ2n) is 3.82. The molecular weight excluding hydrogens is 212 g/mol. The highest BCUT2D eigenvalue weighted by molar-refractivity contribution is 7.07. The number of hydrogen-bond acceptors (Lipinski definition) is 4. The van der Waals surface area contributed by atoms with Crippen LogP contribution in [0.25, 0.3) is 0 Å². The Morgan fingerprint density at radius 1 is 1.67 bits per heavy atom. The molecule has 1 aromatic heterocycles. The van der Waals surface area contributed by atoms with E-state index < -0.39 is 0 Å². The molecule has 1 fully saturated rings. The van der Waals surface area contributed by atoms with Crippen molar-refractivity contribution in [2.75, 3.05) is 13.2 Å². The summed E-state index contributed by atoms with van der Waals surface area (Å²) in [5.74, 6) is 0.0129. The Labute approximate surface area is 92.9 Å². The summed E-state index contributed by atoms with van der Waals surface area (Å²) >= 11 is 1.44. The molecule has 1 aliphatic heterocycles. The lowest BCUT2D eigenvalue weighted by atomic mass is 10.2. The van der Waals surface area contributed by atoms with Gasteiger partial charge in [0.2, 0.25) is 0 Å². The van der Waals surface area contributed by atoms with E-state index >= 15 is 0 Å². The molecule has 2 heterocycles. The minimum absolute atomic E-state index is 0.0129. The molecule has 1 saturated heterocycles. The van der Waals surface area contributed by atoms with Crippen LogP contribution in [0.3, 0.4) is 0 Å². The van der Waals surface area contributed by atoms with Gasteiger partial charge < -0.3 is 9.64 Å². The maximum Gasteiger partial charge on any atom is 0.273 e. The van der Waals surface area contributed by atoms with Gasteiger partial charge in [0.1, 0.15) is 5.69 Å². The van der Waals surface area contributed by atoms with Crippen molar-refractivity contribution in [1.29, 1.82) is 0 Å². The highest BCUT2D eigenvalue weighted by Crippen LogP contribution is 2.15. The van der Waals surface area contributed by atoms with Gasteiger partial charge in [-0.05, 0) is 13.8 Å². The van der Waals surface area contributed by atoms with Gasteiger partial charge in [0, 0.05) is 11.9 Å². The van der Waals surface area contributed by atoms with Crippen molar-refractivity contribution in [3.05, 3.63) is 16.6 Å². The van der Waals surface area contributed by atoms with Crippen LogP contribution >= 0.6 is 11.3 Å². The Morgan fingerprint density at radius 3 is 3.13 bits per heavy atom. The zero-order valence-corrected chi connectivity index (χ0v) is 9.66. The monoisotopic (exact) mass is 226 g/mol. The summed E-state index contributed by atoms with van der Waals surface area (Å²) in [7, 11) is 0. The molecule has 0 aromatic carbocycles. The van der Waals surface area contributed by atoms with E-state index in [-0.39, 0.29) is 18.1 Å². The number of hydrogen-bond donors (Lipinski definition) is 0. The standard InChI is InChI=1S/C10H14N2O2S/c1-7-4-14-8(2)3-12(7)10(13)9-5-15-6-11-9/h5-8H,3-4H2,1-2H3/t7-,8+/m0/s1. The van der Waals surface area contributed by atoms with E-state index in [4.69, 9.17) is 4.74 Å². The summed E-state index contributed by atoms with van der Waals surface area (Å²) in [5, 5.41) is 1.79. The number of carbonyl (C=O) groups excluding carboxylic acids is 1. The number of nitrogens with zero attached hydrogens (tertiary/aromatic N) is 2. The molecule has 5 heteroatoms. The van der Waals surface area contributed by atoms with Crippen LogP contribution in [0.1, 0.15) is 24.3 Å². The maximum atomic E-state index is 12.0. The zero-order valence-electron chi connectivity index (χ0n) is 8.84. The first-order valence-corrected chi connectivity index (χ1v) is 5.93. The van der Waals surface area contributed by atoms with Gasteiger partial charge in [-0.1, -0.05) is 0 Å². The molecule has 2 rings (SSSR count). The third kappa shape index (κ3) is 2.18. The molecule has 4 nitrogen and oxygen atoms in total. The van der Waals surface area contributed by atoms with Crippen molar-refractivity contribution >= 4 is 17.2 Å². The average Bonchev–Trinajstić information content (AvgIpc) is 2.74. The van der Waals surface area contributed by atoms with E-state index in [1.165, 1.54) is 11.3 Å². The number of thiazole rings is 1. The molecule has 0 saturated carbocycles. The lowest BCUT2D eigenvalue weighted by molar-refractivity contribution is -0.0388. The van der Waals surface area contributed by atoms with Gasteiger partial charge in [0.05, 0.1) is 24.3 Å². The number of ether oxygens (including phenoxy) is 1. The maximum absolute atomic E-state index is 12.0. The zero-order chi connectivity index (χ0) is 10.8. The predicted octanol–water partition coefficient (Wildman–Crippen LogP) is 1.39. The Balaban J connectivity index is 2.12. The second-order valence-corrected chi connectivity index (χ2v) is 4.54. The normalized spacial score (nSPS) is 26.7. The van der Waals surface area contributed by atoms with Crippen LogP contribution in [0.5, 0.6) is 0 Å². The molecule has 1 amide bonds. The largest absolute Gasteiger partial charge is 0.375 e. The summed E-state index contributed by atoms with van der Waals surface area (Å²) in [6.45, 7) is 5.23. The smallest absolute Gasteiger partial charge is 0.273 e. The summed E-state index contributed by atoms with van der Waals surface area (Å²) in [6.07, 6.45) is 0.115. The van der Waals surface area contributed by atoms with E-state index in [9.17, 15) is 4.79 Å². The van der Waals surface area contributed by atoms with Gasteiger partial charge >= 0.3 is 0 Å². The van der Waals surface area contributed by atoms with Crippen LogP contribution in [0.4, 0.5) is 0 Å². The number of carbonyl (C=O) groups is 1. The molecule has 0 aliphatic carbocycles.